The molecule has 4 atom stereocenters. The van der Waals surface area contributed by atoms with E-state index in [2.05, 4.69) is 52.3 Å². The minimum atomic E-state index is 0.511. The van der Waals surface area contributed by atoms with Crippen molar-refractivity contribution in [2.45, 2.75) is 37.5 Å². The third-order valence-corrected chi connectivity index (χ3v) is 7.19. The fourth-order valence-corrected chi connectivity index (χ4v) is 6.32. The van der Waals surface area contributed by atoms with Crippen LogP contribution in [0.15, 0.2) is 40.9 Å². The summed E-state index contributed by atoms with van der Waals surface area (Å²) in [5.41, 5.74) is 2.16. The normalized spacial score (nSPS) is 38.0. The molecule has 2 aromatic carbocycles. The number of hydrogen-bond acceptors (Lipinski definition) is 0. The van der Waals surface area contributed by atoms with Gasteiger partial charge in [-0.3, -0.25) is 0 Å². The summed E-state index contributed by atoms with van der Waals surface area (Å²) >= 11 is 3.73. The molecule has 0 radical (unpaired) electrons. The average Bonchev–Trinajstić information content (AvgIpc) is 3.06. The monoisotopic (exact) mass is 326 g/mol. The first kappa shape index (κ1) is 11.8. The first-order valence-corrected chi connectivity index (χ1v) is 8.74. The van der Waals surface area contributed by atoms with Gasteiger partial charge in [0.05, 0.1) is 0 Å². The van der Waals surface area contributed by atoms with Gasteiger partial charge in [-0.1, -0.05) is 46.3 Å². The number of rotatable bonds is 1. The van der Waals surface area contributed by atoms with E-state index in [-0.39, 0.29) is 0 Å². The lowest BCUT2D eigenvalue weighted by molar-refractivity contribution is 0.309. The van der Waals surface area contributed by atoms with Crippen LogP contribution in [0.4, 0.5) is 0 Å². The van der Waals surface area contributed by atoms with Gasteiger partial charge in [0.25, 0.3) is 0 Å². The predicted molar refractivity (Wildman–Crippen MR) is 86.9 cm³/mol. The second-order valence-corrected chi connectivity index (χ2v) is 8.15. The molecule has 0 amide bonds. The quantitative estimate of drug-likeness (QED) is 0.632. The Bertz CT molecular complexity index is 682. The van der Waals surface area contributed by atoms with Crippen LogP contribution in [0, 0.1) is 17.8 Å². The van der Waals surface area contributed by atoms with Gasteiger partial charge in [0.1, 0.15) is 0 Å². The van der Waals surface area contributed by atoms with E-state index >= 15 is 0 Å². The number of fused-ring (bicyclic) bond motifs is 2. The molecule has 2 aromatic rings. The third kappa shape index (κ3) is 1.38. The maximum Gasteiger partial charge on any atom is 0.0253 e. The van der Waals surface area contributed by atoms with Crippen molar-refractivity contribution < 1.29 is 0 Å². The Labute approximate surface area is 128 Å². The molecule has 102 valence electrons. The fraction of sp³-hybridized carbons (Fsp3) is 0.474. The summed E-state index contributed by atoms with van der Waals surface area (Å²) < 4.78 is 1.24. The highest BCUT2D eigenvalue weighted by atomic mass is 79.9. The molecule has 2 unspecified atom stereocenters. The Balaban J connectivity index is 1.74. The first-order chi connectivity index (χ1) is 9.77. The van der Waals surface area contributed by atoms with Crippen LogP contribution in [-0.4, -0.2) is 0 Å². The van der Waals surface area contributed by atoms with Crippen molar-refractivity contribution in [3.63, 3.8) is 0 Å². The zero-order chi connectivity index (χ0) is 13.3. The lowest BCUT2D eigenvalue weighted by Gasteiger charge is -2.31. The van der Waals surface area contributed by atoms with Gasteiger partial charge in [-0.2, -0.15) is 0 Å². The molecule has 0 aromatic heterocycles. The summed E-state index contributed by atoms with van der Waals surface area (Å²) in [7, 11) is 0. The van der Waals surface area contributed by atoms with Gasteiger partial charge in [-0.15, -0.1) is 0 Å². The van der Waals surface area contributed by atoms with Gasteiger partial charge in [0.2, 0.25) is 0 Å². The largest absolute Gasteiger partial charge is 0.0616 e. The summed E-state index contributed by atoms with van der Waals surface area (Å²) in [6.45, 7) is 0. The van der Waals surface area contributed by atoms with Crippen molar-refractivity contribution in [2.24, 2.45) is 17.8 Å². The highest BCUT2D eigenvalue weighted by Gasteiger charge is 2.58. The van der Waals surface area contributed by atoms with Crippen LogP contribution in [0.25, 0.3) is 10.8 Å². The number of hydrogen-bond donors (Lipinski definition) is 0. The van der Waals surface area contributed by atoms with Gasteiger partial charge in [-0.05, 0) is 77.7 Å². The predicted octanol–water partition coefficient (Wildman–Crippen LogP) is 5.68. The lowest BCUT2D eigenvalue weighted by atomic mass is 9.73. The van der Waals surface area contributed by atoms with Crippen LogP contribution in [-0.2, 0) is 5.41 Å². The Hall–Kier alpha value is -0.820. The van der Waals surface area contributed by atoms with E-state index in [9.17, 15) is 0 Å². The smallest absolute Gasteiger partial charge is 0.0253 e. The summed E-state index contributed by atoms with van der Waals surface area (Å²) in [4.78, 5) is 0. The number of benzene rings is 2. The molecule has 0 spiro atoms. The van der Waals surface area contributed by atoms with Crippen molar-refractivity contribution in [3.8, 4) is 0 Å². The Morgan fingerprint density at radius 2 is 1.55 bits per heavy atom. The van der Waals surface area contributed by atoms with Crippen LogP contribution < -0.4 is 0 Å². The molecule has 3 saturated carbocycles. The maximum absolute atomic E-state index is 3.73. The maximum atomic E-state index is 3.73. The minimum Gasteiger partial charge on any atom is -0.0616 e. The van der Waals surface area contributed by atoms with E-state index in [1.54, 1.807) is 5.56 Å². The minimum absolute atomic E-state index is 0.511. The molecule has 3 aliphatic rings. The van der Waals surface area contributed by atoms with Gasteiger partial charge in [0.15, 0.2) is 0 Å². The van der Waals surface area contributed by atoms with Gasteiger partial charge >= 0.3 is 0 Å². The SMILES string of the molecule is Brc1ccc(C23CC4[C@H](CC[C@H]4C2)C3)c2ccccc12. The Morgan fingerprint density at radius 3 is 2.25 bits per heavy atom. The van der Waals surface area contributed by atoms with E-state index in [1.807, 2.05) is 0 Å². The second kappa shape index (κ2) is 3.88. The molecule has 1 heteroatoms. The van der Waals surface area contributed by atoms with E-state index in [4.69, 9.17) is 0 Å². The summed E-state index contributed by atoms with van der Waals surface area (Å²) in [5, 5.41) is 2.88. The van der Waals surface area contributed by atoms with Crippen LogP contribution in [0.1, 0.15) is 37.7 Å². The molecule has 0 nitrogen and oxygen atoms in total. The summed E-state index contributed by atoms with van der Waals surface area (Å²) in [6, 6.07) is 13.6. The van der Waals surface area contributed by atoms with Gasteiger partial charge in [-0.25, -0.2) is 0 Å². The molecule has 2 bridgehead atoms. The zero-order valence-electron chi connectivity index (χ0n) is 11.6. The van der Waals surface area contributed by atoms with Crippen LogP contribution in [0.5, 0.6) is 0 Å². The molecule has 0 saturated heterocycles. The standard InChI is InChI=1S/C19H19Br/c20-18-8-7-17(14-3-1-2-4-15(14)18)19-9-12-5-6-13(10-19)16(12)11-19/h1-4,7-8,12-13,16H,5-6,9-11H2/t12-,13+,16?,19?. The Morgan fingerprint density at radius 1 is 0.850 bits per heavy atom. The molecule has 0 N–H and O–H groups in total. The van der Waals surface area contributed by atoms with E-state index in [0.717, 1.165) is 17.8 Å². The number of halogens is 1. The molecule has 20 heavy (non-hydrogen) atoms. The second-order valence-electron chi connectivity index (χ2n) is 7.29. The van der Waals surface area contributed by atoms with Crippen LogP contribution in [0.2, 0.25) is 0 Å². The third-order valence-electron chi connectivity index (χ3n) is 6.49. The van der Waals surface area contributed by atoms with Crippen molar-refractivity contribution >= 4 is 26.7 Å². The Kier molecular flexibility index (Phi) is 2.29. The lowest BCUT2D eigenvalue weighted by Crippen LogP contribution is -2.23. The summed E-state index contributed by atoms with van der Waals surface area (Å²) in [5.74, 6) is 3.13. The molecule has 5 rings (SSSR count). The van der Waals surface area contributed by atoms with Crippen molar-refractivity contribution in [1.82, 2.24) is 0 Å². The molecule has 3 fully saturated rings. The molecule has 3 aliphatic carbocycles. The highest BCUT2D eigenvalue weighted by Crippen LogP contribution is 2.67. The van der Waals surface area contributed by atoms with E-state index in [0.29, 0.717) is 5.41 Å². The van der Waals surface area contributed by atoms with Gasteiger partial charge in [0, 0.05) is 4.47 Å². The average molecular weight is 327 g/mol. The molecule has 0 heterocycles. The van der Waals surface area contributed by atoms with Crippen LogP contribution in [0.3, 0.4) is 0 Å². The topological polar surface area (TPSA) is 0 Å². The summed E-state index contributed by atoms with van der Waals surface area (Å²) in [6.07, 6.45) is 7.39. The molecule has 0 aliphatic heterocycles. The fourth-order valence-electron chi connectivity index (χ4n) is 5.84. The first-order valence-electron chi connectivity index (χ1n) is 7.95. The van der Waals surface area contributed by atoms with Crippen molar-refractivity contribution in [1.29, 1.82) is 0 Å². The highest BCUT2D eigenvalue weighted by molar-refractivity contribution is 9.10. The van der Waals surface area contributed by atoms with E-state index in [1.165, 1.54) is 47.3 Å². The van der Waals surface area contributed by atoms with Crippen molar-refractivity contribution in [3.05, 3.63) is 46.4 Å². The van der Waals surface area contributed by atoms with Crippen molar-refractivity contribution in [2.75, 3.05) is 0 Å². The molecular formula is C19H19Br. The van der Waals surface area contributed by atoms with E-state index < -0.39 is 0 Å². The zero-order valence-corrected chi connectivity index (χ0v) is 13.2. The van der Waals surface area contributed by atoms with Crippen LogP contribution >= 0.6 is 15.9 Å². The van der Waals surface area contributed by atoms with Gasteiger partial charge < -0.3 is 0 Å². The molecular weight excluding hydrogens is 308 g/mol.